The molecule has 0 fully saturated rings. The van der Waals surface area contributed by atoms with E-state index in [0.29, 0.717) is 29.8 Å². The van der Waals surface area contributed by atoms with E-state index in [1.807, 2.05) is 58.2 Å². The van der Waals surface area contributed by atoms with Crippen LogP contribution in [0.3, 0.4) is 0 Å². The van der Waals surface area contributed by atoms with Crippen molar-refractivity contribution in [3.05, 3.63) is 87.6 Å². The molecule has 3 rings (SSSR count). The lowest BCUT2D eigenvalue weighted by Gasteiger charge is -2.36. The SMILES string of the molecule is CNCCCC[C@@H](C)C(=O)NC(C(=O)N(C)[C@H](C[C@@H](OC(C)=O)c1nc(C(=O)N[C@@H](Cc2ccccc2)C[C@H](C)C(=O)OC)cs1)C(C)C)c1ccc(F)cc1. The minimum Gasteiger partial charge on any atom is -0.469 e. The average molecular weight is 796 g/mol. The van der Waals surface area contributed by atoms with Gasteiger partial charge in [-0.15, -0.1) is 11.3 Å². The van der Waals surface area contributed by atoms with Gasteiger partial charge >= 0.3 is 11.9 Å². The number of methoxy groups -OCH3 is 1. The van der Waals surface area contributed by atoms with Crippen molar-refractivity contribution in [1.82, 2.24) is 25.8 Å². The molecule has 14 heteroatoms. The van der Waals surface area contributed by atoms with Crippen molar-refractivity contribution in [2.24, 2.45) is 17.8 Å². The molecule has 0 radical (unpaired) electrons. The molecule has 12 nitrogen and oxygen atoms in total. The van der Waals surface area contributed by atoms with E-state index < -0.39 is 53.7 Å². The fraction of sp³-hybridized carbons (Fsp3) is 0.524. The van der Waals surface area contributed by atoms with E-state index in [0.717, 1.165) is 36.3 Å². The van der Waals surface area contributed by atoms with Crippen LogP contribution in [0.15, 0.2) is 60.0 Å². The Labute approximate surface area is 334 Å². The van der Waals surface area contributed by atoms with Crippen LogP contribution < -0.4 is 16.0 Å². The Kier molecular flexibility index (Phi) is 18.6. The van der Waals surface area contributed by atoms with Crippen molar-refractivity contribution in [1.29, 1.82) is 0 Å². The van der Waals surface area contributed by atoms with Crippen LogP contribution in [0.1, 0.15) is 105 Å². The van der Waals surface area contributed by atoms with Gasteiger partial charge in [0, 0.05) is 43.8 Å². The van der Waals surface area contributed by atoms with Crippen LogP contribution in [0.5, 0.6) is 0 Å². The molecular formula is C42H58FN5O7S. The number of carbonyl (C=O) groups is 5. The number of rotatable bonds is 22. The highest BCUT2D eigenvalue weighted by Gasteiger charge is 2.35. The normalized spacial score (nSPS) is 14.5. The van der Waals surface area contributed by atoms with Gasteiger partial charge in [0.2, 0.25) is 11.8 Å². The highest BCUT2D eigenvalue weighted by atomic mass is 32.1. The Balaban J connectivity index is 1.85. The van der Waals surface area contributed by atoms with E-state index in [2.05, 4.69) is 20.9 Å². The van der Waals surface area contributed by atoms with Crippen LogP contribution in [0.2, 0.25) is 0 Å². The minimum atomic E-state index is -1.10. The van der Waals surface area contributed by atoms with Gasteiger partial charge in [-0.3, -0.25) is 24.0 Å². The summed E-state index contributed by atoms with van der Waals surface area (Å²) in [7, 11) is 4.83. The van der Waals surface area contributed by atoms with Gasteiger partial charge in [0.05, 0.1) is 13.0 Å². The largest absolute Gasteiger partial charge is 0.469 e. The maximum Gasteiger partial charge on any atom is 0.308 e. The molecule has 0 spiro atoms. The number of nitrogens with one attached hydrogen (secondary N) is 3. The molecule has 0 saturated carbocycles. The van der Waals surface area contributed by atoms with Gasteiger partial charge in [-0.1, -0.05) is 76.6 Å². The number of benzene rings is 2. The molecule has 2 aromatic carbocycles. The smallest absolute Gasteiger partial charge is 0.308 e. The summed E-state index contributed by atoms with van der Waals surface area (Å²) in [6.07, 6.45) is 2.44. The van der Waals surface area contributed by atoms with Gasteiger partial charge in [0.1, 0.15) is 22.6 Å². The molecule has 1 aromatic heterocycles. The molecule has 3 amide bonds. The highest BCUT2D eigenvalue weighted by Crippen LogP contribution is 2.32. The predicted molar refractivity (Wildman–Crippen MR) is 214 cm³/mol. The predicted octanol–water partition coefficient (Wildman–Crippen LogP) is 6.18. The lowest BCUT2D eigenvalue weighted by molar-refractivity contribution is -0.149. The summed E-state index contributed by atoms with van der Waals surface area (Å²) in [5.41, 5.74) is 1.54. The molecule has 56 heavy (non-hydrogen) atoms. The summed E-state index contributed by atoms with van der Waals surface area (Å²) >= 11 is 1.16. The van der Waals surface area contributed by atoms with Crippen molar-refractivity contribution in [2.45, 2.75) is 97.4 Å². The zero-order chi connectivity index (χ0) is 41.4. The minimum absolute atomic E-state index is 0.121. The molecule has 1 unspecified atom stereocenters. The monoisotopic (exact) mass is 795 g/mol. The van der Waals surface area contributed by atoms with E-state index in [1.54, 1.807) is 19.4 Å². The zero-order valence-corrected chi connectivity index (χ0v) is 34.6. The Morgan fingerprint density at radius 2 is 1.59 bits per heavy atom. The highest BCUT2D eigenvalue weighted by molar-refractivity contribution is 7.09. The van der Waals surface area contributed by atoms with E-state index in [1.165, 1.54) is 43.2 Å². The number of halogens is 1. The van der Waals surface area contributed by atoms with Crippen molar-refractivity contribution in [3.8, 4) is 0 Å². The topological polar surface area (TPSA) is 156 Å². The molecule has 0 aliphatic heterocycles. The van der Waals surface area contributed by atoms with E-state index in [4.69, 9.17) is 9.47 Å². The first-order valence-electron chi connectivity index (χ1n) is 19.2. The number of thiazole rings is 1. The number of amides is 3. The standard InChI is InChI=1S/C42H58FN5O7S/c1-26(2)35(48(7)41(52)37(31-17-19-32(43)20-18-31)47-38(50)27(3)14-12-13-21-44-6)24-36(55-29(5)49)40-46-34(25-56-40)39(51)45-33(22-28(4)42(53)54-8)23-30-15-10-9-11-16-30/h9-11,15-20,25-28,33,35-37,44H,12-14,21-24H2,1-8H3,(H,45,51)(H,47,50)/t27-,28+,33-,35-,36-,37?/m1/s1. The molecule has 6 atom stereocenters. The number of hydrogen-bond donors (Lipinski definition) is 3. The van der Waals surface area contributed by atoms with Crippen molar-refractivity contribution in [2.75, 3.05) is 27.7 Å². The Bertz CT molecular complexity index is 1720. The van der Waals surface area contributed by atoms with Gasteiger partial charge in [-0.2, -0.15) is 0 Å². The lowest BCUT2D eigenvalue weighted by Crippen LogP contribution is -2.48. The molecule has 0 aliphatic carbocycles. The number of hydrogen-bond acceptors (Lipinski definition) is 10. The number of nitrogens with zero attached hydrogens (tertiary/aromatic N) is 2. The van der Waals surface area contributed by atoms with Gasteiger partial charge in [-0.05, 0) is 68.5 Å². The second-order valence-electron chi connectivity index (χ2n) is 14.7. The van der Waals surface area contributed by atoms with Crippen LogP contribution in [-0.2, 0) is 35.1 Å². The fourth-order valence-corrected chi connectivity index (χ4v) is 7.43. The van der Waals surface area contributed by atoms with Gasteiger partial charge in [0.25, 0.3) is 5.91 Å². The van der Waals surface area contributed by atoms with Crippen LogP contribution >= 0.6 is 11.3 Å². The Morgan fingerprint density at radius 1 is 0.911 bits per heavy atom. The third kappa shape index (κ3) is 14.1. The fourth-order valence-electron chi connectivity index (χ4n) is 6.59. The second-order valence-corrected chi connectivity index (χ2v) is 15.6. The second kappa shape index (κ2) is 22.8. The quantitative estimate of drug-likeness (QED) is 0.0799. The van der Waals surface area contributed by atoms with E-state index >= 15 is 0 Å². The first-order chi connectivity index (χ1) is 26.6. The maximum atomic E-state index is 14.3. The molecule has 0 bridgehead atoms. The number of unbranched alkanes of at least 4 members (excludes halogenated alkanes) is 1. The van der Waals surface area contributed by atoms with Crippen LogP contribution in [0, 0.1) is 23.6 Å². The third-order valence-corrected chi connectivity index (χ3v) is 10.7. The molecular weight excluding hydrogens is 738 g/mol. The van der Waals surface area contributed by atoms with Gasteiger partial charge in [-0.25, -0.2) is 9.37 Å². The summed E-state index contributed by atoms with van der Waals surface area (Å²) in [4.78, 5) is 72.1. The summed E-state index contributed by atoms with van der Waals surface area (Å²) in [6, 6.07) is 13.1. The zero-order valence-electron chi connectivity index (χ0n) is 33.8. The maximum absolute atomic E-state index is 14.3. The molecule has 1 heterocycles. The van der Waals surface area contributed by atoms with Crippen molar-refractivity contribution < 1.29 is 37.8 Å². The molecule has 0 saturated heterocycles. The van der Waals surface area contributed by atoms with Crippen LogP contribution in [0.4, 0.5) is 4.39 Å². The number of likely N-dealkylation sites (N-methyl/N-ethyl adjacent to an activating group) is 1. The first kappa shape index (κ1) is 45.7. The number of esters is 2. The Morgan fingerprint density at radius 3 is 2.20 bits per heavy atom. The number of ether oxygens (including phenoxy) is 2. The molecule has 3 N–H and O–H groups in total. The summed E-state index contributed by atoms with van der Waals surface area (Å²) in [5, 5.41) is 11.0. The summed E-state index contributed by atoms with van der Waals surface area (Å²) in [6.45, 7) is 9.55. The van der Waals surface area contributed by atoms with Crippen molar-refractivity contribution >= 4 is 41.0 Å². The molecule has 306 valence electrons. The first-order valence-corrected chi connectivity index (χ1v) is 20.0. The number of aromatic nitrogens is 1. The molecule has 3 aromatic rings. The van der Waals surface area contributed by atoms with Crippen LogP contribution in [0.25, 0.3) is 0 Å². The van der Waals surface area contributed by atoms with Gasteiger partial charge in [0.15, 0.2) is 6.10 Å². The van der Waals surface area contributed by atoms with Gasteiger partial charge < -0.3 is 30.3 Å². The third-order valence-electron chi connectivity index (χ3n) is 9.81. The lowest BCUT2D eigenvalue weighted by atomic mass is 9.94. The summed E-state index contributed by atoms with van der Waals surface area (Å²) < 4.78 is 24.7. The van der Waals surface area contributed by atoms with E-state index in [9.17, 15) is 28.4 Å². The Hall–Kier alpha value is -4.69. The summed E-state index contributed by atoms with van der Waals surface area (Å²) in [5.74, 6) is -3.53. The van der Waals surface area contributed by atoms with E-state index in [-0.39, 0.29) is 35.8 Å². The molecule has 0 aliphatic rings. The van der Waals surface area contributed by atoms with Crippen molar-refractivity contribution in [3.63, 3.8) is 0 Å². The number of carbonyl (C=O) groups excluding carboxylic acids is 5. The average Bonchev–Trinajstić information content (AvgIpc) is 3.67. The van der Waals surface area contributed by atoms with Crippen LogP contribution in [-0.4, -0.2) is 79.4 Å².